The lowest BCUT2D eigenvalue weighted by molar-refractivity contribution is 0.0594. The summed E-state index contributed by atoms with van der Waals surface area (Å²) in [6, 6.07) is 5.76. The standard InChI is InChI=1S/C18H20Cl2N4O2/c1-26-18(25)16-17(22-6-5-21-16)24-10-8-23(9-11-24)7-4-13-2-3-14(19)15(20)12-13/h2-3,5-6,12H,4,7-11H2,1H3. The summed E-state index contributed by atoms with van der Waals surface area (Å²) in [6.45, 7) is 4.28. The van der Waals surface area contributed by atoms with Crippen LogP contribution in [0.3, 0.4) is 0 Å². The van der Waals surface area contributed by atoms with Gasteiger partial charge in [-0.3, -0.25) is 4.90 Å². The minimum absolute atomic E-state index is 0.263. The van der Waals surface area contributed by atoms with Crippen molar-refractivity contribution in [2.75, 3.05) is 44.7 Å². The smallest absolute Gasteiger partial charge is 0.360 e. The van der Waals surface area contributed by atoms with Crippen molar-refractivity contribution in [3.8, 4) is 0 Å². The zero-order valence-corrected chi connectivity index (χ0v) is 16.0. The van der Waals surface area contributed by atoms with Gasteiger partial charge in [0.2, 0.25) is 0 Å². The van der Waals surface area contributed by atoms with E-state index in [2.05, 4.69) is 19.8 Å². The van der Waals surface area contributed by atoms with Crippen LogP contribution in [0.1, 0.15) is 16.1 Å². The first-order chi connectivity index (χ1) is 12.6. The van der Waals surface area contributed by atoms with Gasteiger partial charge in [-0.2, -0.15) is 0 Å². The zero-order valence-electron chi connectivity index (χ0n) is 14.5. The monoisotopic (exact) mass is 394 g/mol. The number of anilines is 1. The van der Waals surface area contributed by atoms with Crippen molar-refractivity contribution in [1.29, 1.82) is 0 Å². The van der Waals surface area contributed by atoms with E-state index in [-0.39, 0.29) is 5.69 Å². The number of carbonyl (C=O) groups is 1. The van der Waals surface area contributed by atoms with E-state index >= 15 is 0 Å². The molecule has 8 heteroatoms. The second-order valence-corrected chi connectivity index (χ2v) is 6.86. The van der Waals surface area contributed by atoms with Crippen LogP contribution in [0, 0.1) is 0 Å². The molecule has 3 rings (SSSR count). The van der Waals surface area contributed by atoms with Crippen LogP contribution < -0.4 is 4.90 Å². The molecule has 1 fully saturated rings. The van der Waals surface area contributed by atoms with E-state index in [0.29, 0.717) is 15.9 Å². The van der Waals surface area contributed by atoms with Gasteiger partial charge >= 0.3 is 5.97 Å². The third-order valence-corrected chi connectivity index (χ3v) is 5.17. The predicted octanol–water partition coefficient (Wildman–Crippen LogP) is 2.93. The van der Waals surface area contributed by atoms with Gasteiger partial charge in [-0.1, -0.05) is 29.3 Å². The van der Waals surface area contributed by atoms with Crippen LogP contribution in [-0.4, -0.2) is 60.7 Å². The fraction of sp³-hybridized carbons (Fsp3) is 0.389. The molecule has 0 radical (unpaired) electrons. The molecule has 2 aromatic rings. The van der Waals surface area contributed by atoms with E-state index < -0.39 is 5.97 Å². The Morgan fingerprint density at radius 2 is 1.85 bits per heavy atom. The molecule has 0 saturated carbocycles. The molecule has 26 heavy (non-hydrogen) atoms. The summed E-state index contributed by atoms with van der Waals surface area (Å²) < 4.78 is 4.80. The summed E-state index contributed by atoms with van der Waals surface area (Å²) in [7, 11) is 1.35. The van der Waals surface area contributed by atoms with Gasteiger partial charge in [0.1, 0.15) is 0 Å². The summed E-state index contributed by atoms with van der Waals surface area (Å²) in [4.78, 5) is 24.8. The normalized spacial score (nSPS) is 15.1. The van der Waals surface area contributed by atoms with Gasteiger partial charge in [0.05, 0.1) is 17.2 Å². The van der Waals surface area contributed by atoms with E-state index in [4.69, 9.17) is 27.9 Å². The highest BCUT2D eigenvalue weighted by Crippen LogP contribution is 2.23. The maximum atomic E-state index is 11.9. The molecule has 0 aliphatic carbocycles. The molecule has 1 aliphatic rings. The molecule has 0 atom stereocenters. The molecule has 0 unspecified atom stereocenters. The Morgan fingerprint density at radius 1 is 1.12 bits per heavy atom. The van der Waals surface area contributed by atoms with Crippen LogP contribution in [0.2, 0.25) is 10.0 Å². The number of hydrogen-bond donors (Lipinski definition) is 0. The summed E-state index contributed by atoms with van der Waals surface area (Å²) in [5, 5.41) is 1.17. The van der Waals surface area contributed by atoms with E-state index in [1.165, 1.54) is 18.9 Å². The maximum Gasteiger partial charge on any atom is 0.360 e. The van der Waals surface area contributed by atoms with Crippen LogP contribution >= 0.6 is 23.2 Å². The Bertz CT molecular complexity index is 780. The quantitative estimate of drug-likeness (QED) is 0.726. The first kappa shape index (κ1) is 18.9. The summed E-state index contributed by atoms with van der Waals surface area (Å²) in [5.41, 5.74) is 1.43. The summed E-state index contributed by atoms with van der Waals surface area (Å²) in [5.74, 6) is 0.124. The summed E-state index contributed by atoms with van der Waals surface area (Å²) in [6.07, 6.45) is 4.01. The molecule has 0 N–H and O–H groups in total. The number of halogens is 2. The Morgan fingerprint density at radius 3 is 2.54 bits per heavy atom. The SMILES string of the molecule is COC(=O)c1nccnc1N1CCN(CCc2ccc(Cl)c(Cl)c2)CC1. The van der Waals surface area contributed by atoms with Crippen LogP contribution in [-0.2, 0) is 11.2 Å². The van der Waals surface area contributed by atoms with Gasteiger partial charge in [0, 0.05) is 45.1 Å². The largest absolute Gasteiger partial charge is 0.464 e. The third-order valence-electron chi connectivity index (χ3n) is 4.43. The van der Waals surface area contributed by atoms with Crippen molar-refractivity contribution in [1.82, 2.24) is 14.9 Å². The van der Waals surface area contributed by atoms with Gasteiger partial charge < -0.3 is 9.64 Å². The zero-order chi connectivity index (χ0) is 18.5. The molecule has 138 valence electrons. The lowest BCUT2D eigenvalue weighted by Crippen LogP contribution is -2.47. The first-order valence-corrected chi connectivity index (χ1v) is 9.14. The van der Waals surface area contributed by atoms with Crippen molar-refractivity contribution in [2.24, 2.45) is 0 Å². The number of aromatic nitrogens is 2. The lowest BCUT2D eigenvalue weighted by Gasteiger charge is -2.35. The maximum absolute atomic E-state index is 11.9. The van der Waals surface area contributed by atoms with Crippen LogP contribution in [0.25, 0.3) is 0 Å². The van der Waals surface area contributed by atoms with Gasteiger partial charge in [-0.25, -0.2) is 14.8 Å². The van der Waals surface area contributed by atoms with Crippen molar-refractivity contribution in [2.45, 2.75) is 6.42 Å². The molecule has 0 spiro atoms. The number of esters is 1. The fourth-order valence-electron chi connectivity index (χ4n) is 2.97. The van der Waals surface area contributed by atoms with Gasteiger partial charge in [0.25, 0.3) is 0 Å². The van der Waals surface area contributed by atoms with Crippen LogP contribution in [0.5, 0.6) is 0 Å². The first-order valence-electron chi connectivity index (χ1n) is 8.39. The minimum atomic E-state index is -0.463. The van der Waals surface area contributed by atoms with Crippen molar-refractivity contribution in [3.05, 3.63) is 51.9 Å². The van der Waals surface area contributed by atoms with Crippen molar-refractivity contribution >= 4 is 35.0 Å². The average molecular weight is 395 g/mol. The molecule has 0 bridgehead atoms. The number of rotatable bonds is 5. The number of benzene rings is 1. The average Bonchev–Trinajstić information content (AvgIpc) is 2.68. The number of ether oxygens (including phenoxy) is 1. The third kappa shape index (κ3) is 4.44. The van der Waals surface area contributed by atoms with E-state index in [1.807, 2.05) is 18.2 Å². The second kappa shape index (κ2) is 8.66. The van der Waals surface area contributed by atoms with Gasteiger partial charge in [-0.05, 0) is 24.1 Å². The van der Waals surface area contributed by atoms with Gasteiger partial charge in [-0.15, -0.1) is 0 Å². The lowest BCUT2D eigenvalue weighted by atomic mass is 10.1. The highest BCUT2D eigenvalue weighted by molar-refractivity contribution is 6.42. The Balaban J connectivity index is 1.56. The van der Waals surface area contributed by atoms with E-state index in [0.717, 1.165) is 39.1 Å². The molecule has 2 heterocycles. The molecular formula is C18H20Cl2N4O2. The minimum Gasteiger partial charge on any atom is -0.464 e. The summed E-state index contributed by atoms with van der Waals surface area (Å²) >= 11 is 12.0. The van der Waals surface area contributed by atoms with Crippen LogP contribution in [0.15, 0.2) is 30.6 Å². The number of carbonyl (C=O) groups excluding carboxylic acids is 1. The van der Waals surface area contributed by atoms with Crippen molar-refractivity contribution in [3.63, 3.8) is 0 Å². The van der Waals surface area contributed by atoms with Gasteiger partial charge in [0.15, 0.2) is 11.5 Å². The number of nitrogens with zero attached hydrogens (tertiary/aromatic N) is 4. The predicted molar refractivity (Wildman–Crippen MR) is 102 cm³/mol. The topological polar surface area (TPSA) is 58.6 Å². The molecule has 1 aromatic heterocycles. The molecular weight excluding hydrogens is 375 g/mol. The number of methoxy groups -OCH3 is 1. The number of piperazine rings is 1. The molecule has 1 saturated heterocycles. The highest BCUT2D eigenvalue weighted by Gasteiger charge is 2.23. The highest BCUT2D eigenvalue weighted by atomic mass is 35.5. The van der Waals surface area contributed by atoms with E-state index in [9.17, 15) is 4.79 Å². The molecule has 1 aliphatic heterocycles. The Hall–Kier alpha value is -1.89. The second-order valence-electron chi connectivity index (χ2n) is 6.05. The molecule has 1 aromatic carbocycles. The molecule has 0 amide bonds. The Kier molecular flexibility index (Phi) is 6.29. The number of hydrogen-bond acceptors (Lipinski definition) is 6. The fourth-order valence-corrected chi connectivity index (χ4v) is 3.29. The Labute approximate surface area is 162 Å². The molecule has 6 nitrogen and oxygen atoms in total. The van der Waals surface area contributed by atoms with E-state index in [1.54, 1.807) is 6.20 Å². The van der Waals surface area contributed by atoms with Crippen LogP contribution in [0.4, 0.5) is 5.82 Å². The van der Waals surface area contributed by atoms with Crippen molar-refractivity contribution < 1.29 is 9.53 Å².